The van der Waals surface area contributed by atoms with Crippen LogP contribution in [0.25, 0.3) is 0 Å². The lowest BCUT2D eigenvalue weighted by atomic mass is 9.91. The second-order valence-electron chi connectivity index (χ2n) is 7.47. The van der Waals surface area contributed by atoms with Crippen LogP contribution in [0.1, 0.15) is 51.7 Å². The minimum atomic E-state index is -1.18. The average molecular weight is 353 g/mol. The monoisotopic (exact) mass is 353 g/mol. The second kappa shape index (κ2) is 8.63. The van der Waals surface area contributed by atoms with Crippen LogP contribution in [0.3, 0.4) is 0 Å². The summed E-state index contributed by atoms with van der Waals surface area (Å²) in [6, 6.07) is 8.90. The Morgan fingerprint density at radius 3 is 2.60 bits per heavy atom. The van der Waals surface area contributed by atoms with Gasteiger partial charge in [0.05, 0.1) is 12.7 Å². The van der Waals surface area contributed by atoms with Crippen molar-refractivity contribution in [2.45, 2.75) is 70.1 Å². The Hall–Kier alpha value is -1.66. The molecule has 0 aromatic heterocycles. The number of alkyl halides is 1. The molecule has 0 saturated heterocycles. The number of aliphatic hydroxyl groups is 1. The number of alkyl carbamates (subject to hydrolysis) is 1. The van der Waals surface area contributed by atoms with Crippen molar-refractivity contribution in [3.8, 4) is 0 Å². The van der Waals surface area contributed by atoms with Crippen LogP contribution >= 0.6 is 0 Å². The summed E-state index contributed by atoms with van der Waals surface area (Å²) >= 11 is 0. The number of carbonyl (C=O) groups is 1. The molecular formula is C19H28FNO4. The van der Waals surface area contributed by atoms with Crippen molar-refractivity contribution < 1.29 is 23.8 Å². The Morgan fingerprint density at radius 1 is 1.32 bits per heavy atom. The number of nitrogens with one attached hydrogen (secondary N) is 1. The molecule has 6 heteroatoms. The Kier molecular flexibility index (Phi) is 6.79. The molecule has 0 bridgehead atoms. The zero-order valence-electron chi connectivity index (χ0n) is 15.1. The van der Waals surface area contributed by atoms with Crippen LogP contribution < -0.4 is 5.32 Å². The molecule has 2 N–H and O–H groups in total. The van der Waals surface area contributed by atoms with Crippen molar-refractivity contribution in [1.29, 1.82) is 0 Å². The number of aliphatic hydroxyl groups excluding tert-OH is 1. The van der Waals surface area contributed by atoms with Gasteiger partial charge in [0.2, 0.25) is 0 Å². The van der Waals surface area contributed by atoms with Gasteiger partial charge in [-0.1, -0.05) is 30.3 Å². The van der Waals surface area contributed by atoms with Gasteiger partial charge < -0.3 is 19.9 Å². The van der Waals surface area contributed by atoms with Gasteiger partial charge in [0.15, 0.2) is 0 Å². The molecule has 1 aromatic rings. The van der Waals surface area contributed by atoms with Crippen molar-refractivity contribution in [2.75, 3.05) is 6.61 Å². The first-order chi connectivity index (χ1) is 11.7. The van der Waals surface area contributed by atoms with Gasteiger partial charge in [0.1, 0.15) is 17.9 Å². The van der Waals surface area contributed by atoms with E-state index in [9.17, 15) is 14.3 Å². The number of ether oxygens (including phenoxy) is 2. The van der Waals surface area contributed by atoms with Crippen LogP contribution in [-0.4, -0.2) is 41.7 Å². The molecule has 0 heterocycles. The summed E-state index contributed by atoms with van der Waals surface area (Å²) in [6.45, 7) is 5.41. The predicted octanol–water partition coefficient (Wildman–Crippen LogP) is 3.52. The zero-order valence-corrected chi connectivity index (χ0v) is 15.1. The summed E-state index contributed by atoms with van der Waals surface area (Å²) in [7, 11) is 0. The van der Waals surface area contributed by atoms with Crippen LogP contribution in [0.5, 0.6) is 0 Å². The van der Waals surface area contributed by atoms with Gasteiger partial charge in [0, 0.05) is 12.5 Å². The minimum Gasteiger partial charge on any atom is -0.444 e. The summed E-state index contributed by atoms with van der Waals surface area (Å²) in [5.41, 5.74) is 0.172. The highest BCUT2D eigenvalue weighted by molar-refractivity contribution is 5.68. The van der Waals surface area contributed by atoms with E-state index in [2.05, 4.69) is 5.32 Å². The highest BCUT2D eigenvalue weighted by Crippen LogP contribution is 2.26. The summed E-state index contributed by atoms with van der Waals surface area (Å²) < 4.78 is 25.1. The van der Waals surface area contributed by atoms with Crippen molar-refractivity contribution in [3.63, 3.8) is 0 Å². The summed E-state index contributed by atoms with van der Waals surface area (Å²) in [5, 5.41) is 12.8. The third-order valence-corrected chi connectivity index (χ3v) is 4.09. The molecule has 1 aliphatic rings. The number of hydrogen-bond acceptors (Lipinski definition) is 4. The number of halogens is 1. The average Bonchev–Trinajstić information content (AvgIpc) is 2.52. The fourth-order valence-corrected chi connectivity index (χ4v) is 2.87. The van der Waals surface area contributed by atoms with Gasteiger partial charge >= 0.3 is 6.09 Å². The Labute approximate surface area is 148 Å². The van der Waals surface area contributed by atoms with Crippen LogP contribution in [-0.2, 0) is 9.47 Å². The number of hydrogen-bond donors (Lipinski definition) is 2. The van der Waals surface area contributed by atoms with E-state index in [0.717, 1.165) is 5.56 Å². The molecular weight excluding hydrogens is 325 g/mol. The molecule has 1 aromatic carbocycles. The smallest absolute Gasteiger partial charge is 0.407 e. The van der Waals surface area contributed by atoms with Crippen LogP contribution in [0.2, 0.25) is 0 Å². The predicted molar refractivity (Wildman–Crippen MR) is 93.0 cm³/mol. The molecule has 0 spiro atoms. The van der Waals surface area contributed by atoms with Gasteiger partial charge in [-0.05, 0) is 39.2 Å². The lowest BCUT2D eigenvalue weighted by molar-refractivity contribution is -0.0634. The molecule has 140 valence electrons. The van der Waals surface area contributed by atoms with E-state index in [1.807, 2.05) is 30.3 Å². The van der Waals surface area contributed by atoms with E-state index in [4.69, 9.17) is 9.47 Å². The number of rotatable bonds is 5. The van der Waals surface area contributed by atoms with E-state index in [-0.39, 0.29) is 19.1 Å². The molecule has 25 heavy (non-hydrogen) atoms. The highest BCUT2D eigenvalue weighted by Gasteiger charge is 2.33. The quantitative estimate of drug-likeness (QED) is 0.850. The van der Waals surface area contributed by atoms with E-state index in [0.29, 0.717) is 12.8 Å². The number of amides is 1. The molecule has 4 atom stereocenters. The molecule has 1 saturated carbocycles. The van der Waals surface area contributed by atoms with Crippen molar-refractivity contribution in [2.24, 2.45) is 0 Å². The summed E-state index contributed by atoms with van der Waals surface area (Å²) in [5.74, 6) is 0. The molecule has 2 rings (SSSR count). The fraction of sp³-hybridized carbons (Fsp3) is 0.632. The molecule has 0 radical (unpaired) electrons. The lowest BCUT2D eigenvalue weighted by Crippen LogP contribution is -2.46. The minimum absolute atomic E-state index is 0.0548. The fourth-order valence-electron chi connectivity index (χ4n) is 2.87. The largest absolute Gasteiger partial charge is 0.444 e. The first-order valence-corrected chi connectivity index (χ1v) is 8.73. The highest BCUT2D eigenvalue weighted by atomic mass is 19.1. The Balaban J connectivity index is 1.75. The molecule has 0 aliphatic heterocycles. The molecule has 1 aliphatic carbocycles. The topological polar surface area (TPSA) is 67.8 Å². The maximum Gasteiger partial charge on any atom is 0.407 e. The lowest BCUT2D eigenvalue weighted by Gasteiger charge is -2.33. The van der Waals surface area contributed by atoms with Crippen LogP contribution in [0.4, 0.5) is 9.18 Å². The van der Waals surface area contributed by atoms with Gasteiger partial charge in [-0.15, -0.1) is 0 Å². The maximum absolute atomic E-state index is 14.3. The molecule has 1 amide bonds. The first-order valence-electron chi connectivity index (χ1n) is 8.73. The van der Waals surface area contributed by atoms with Gasteiger partial charge in [-0.3, -0.25) is 0 Å². The SMILES string of the molecule is CC(C)(C)OC(=O)NC1CCC(OCC(O)c2ccccc2)C(F)C1. The van der Waals surface area contributed by atoms with Gasteiger partial charge in [-0.25, -0.2) is 9.18 Å². The van der Waals surface area contributed by atoms with Gasteiger partial charge in [-0.2, -0.15) is 0 Å². The third-order valence-electron chi connectivity index (χ3n) is 4.09. The van der Waals surface area contributed by atoms with E-state index < -0.39 is 30.1 Å². The number of benzene rings is 1. The molecule has 4 unspecified atom stereocenters. The zero-order chi connectivity index (χ0) is 18.4. The van der Waals surface area contributed by atoms with E-state index in [1.165, 1.54) is 0 Å². The van der Waals surface area contributed by atoms with Crippen LogP contribution in [0, 0.1) is 0 Å². The van der Waals surface area contributed by atoms with E-state index in [1.54, 1.807) is 20.8 Å². The Bertz CT molecular complexity index is 546. The second-order valence-corrected chi connectivity index (χ2v) is 7.47. The molecule has 5 nitrogen and oxygen atoms in total. The third kappa shape index (κ3) is 6.63. The normalized spacial score (nSPS) is 25.2. The van der Waals surface area contributed by atoms with Crippen molar-refractivity contribution >= 4 is 6.09 Å². The van der Waals surface area contributed by atoms with Crippen LogP contribution in [0.15, 0.2) is 30.3 Å². The maximum atomic E-state index is 14.3. The van der Waals surface area contributed by atoms with Gasteiger partial charge in [0.25, 0.3) is 0 Å². The van der Waals surface area contributed by atoms with Crippen molar-refractivity contribution in [1.82, 2.24) is 5.32 Å². The first kappa shape index (κ1) is 19.7. The summed E-state index contributed by atoms with van der Waals surface area (Å²) in [4.78, 5) is 11.8. The Morgan fingerprint density at radius 2 is 2.00 bits per heavy atom. The standard InChI is InChI=1S/C19H28FNO4/c1-19(2,3)25-18(23)21-14-9-10-17(15(20)11-14)24-12-16(22)13-7-5-4-6-8-13/h4-8,14-17,22H,9-12H2,1-3H3,(H,21,23). The van der Waals surface area contributed by atoms with Crippen molar-refractivity contribution in [3.05, 3.63) is 35.9 Å². The summed E-state index contributed by atoms with van der Waals surface area (Å²) in [6.07, 6.45) is -1.75. The number of carbonyl (C=O) groups excluding carboxylic acids is 1. The molecule has 1 fully saturated rings. The van der Waals surface area contributed by atoms with E-state index >= 15 is 0 Å².